The van der Waals surface area contributed by atoms with Gasteiger partial charge in [-0.25, -0.2) is 0 Å². The molecule has 1 aromatic carbocycles. The molecular formula is C16H22N2O3. The summed E-state index contributed by atoms with van der Waals surface area (Å²) in [7, 11) is 0. The van der Waals surface area contributed by atoms with Crippen molar-refractivity contribution in [2.45, 2.75) is 44.2 Å². The lowest BCUT2D eigenvalue weighted by Gasteiger charge is -2.31. The number of amides is 1. The number of nitrogens with two attached hydrogens (primary N) is 1. The number of anilines is 1. The number of carbonyl (C=O) groups excluding carboxylic acids is 1. The summed E-state index contributed by atoms with van der Waals surface area (Å²) in [5, 5.41) is 2.93. The van der Waals surface area contributed by atoms with Crippen LogP contribution in [0.3, 0.4) is 0 Å². The Bertz CT molecular complexity index is 563. The number of nitrogens with one attached hydrogen (secondary N) is 1. The topological polar surface area (TPSA) is 73.6 Å². The highest BCUT2D eigenvalue weighted by molar-refractivity contribution is 5.98. The van der Waals surface area contributed by atoms with E-state index in [4.69, 9.17) is 15.2 Å². The first kappa shape index (κ1) is 14.4. The van der Waals surface area contributed by atoms with E-state index in [1.807, 2.05) is 18.2 Å². The average Bonchev–Trinajstić information content (AvgIpc) is 2.72. The predicted octanol–water partition coefficient (Wildman–Crippen LogP) is 1.85. The van der Waals surface area contributed by atoms with Gasteiger partial charge in [0.25, 0.3) is 0 Å². The first-order valence-corrected chi connectivity index (χ1v) is 7.38. The molecule has 1 aromatic rings. The van der Waals surface area contributed by atoms with Crippen molar-refractivity contribution >= 4 is 11.6 Å². The van der Waals surface area contributed by atoms with Gasteiger partial charge in [0.05, 0.1) is 0 Å². The summed E-state index contributed by atoms with van der Waals surface area (Å²) >= 11 is 0. The summed E-state index contributed by atoms with van der Waals surface area (Å²) in [4.78, 5) is 12.4. The van der Waals surface area contributed by atoms with Crippen molar-refractivity contribution in [3.63, 3.8) is 0 Å². The van der Waals surface area contributed by atoms with E-state index < -0.39 is 5.54 Å². The lowest BCUT2D eigenvalue weighted by molar-refractivity contribution is -0.124. The summed E-state index contributed by atoms with van der Waals surface area (Å²) in [5.74, 6) is 0.760. The lowest BCUT2D eigenvalue weighted by Crippen LogP contribution is -2.54. The summed E-state index contributed by atoms with van der Waals surface area (Å²) in [6, 6.07) is 5.75. The monoisotopic (exact) mass is 290 g/mol. The van der Waals surface area contributed by atoms with Gasteiger partial charge < -0.3 is 20.5 Å². The third kappa shape index (κ3) is 2.89. The number of hydrogen-bond donors (Lipinski definition) is 2. The molecule has 2 aliphatic heterocycles. The van der Waals surface area contributed by atoms with Crippen LogP contribution in [0.5, 0.6) is 5.75 Å². The van der Waals surface area contributed by atoms with Crippen molar-refractivity contribution < 1.29 is 14.3 Å². The molecule has 2 heterocycles. The van der Waals surface area contributed by atoms with Crippen molar-refractivity contribution in [2.75, 3.05) is 18.5 Å². The number of ether oxygens (including phenoxy) is 2. The van der Waals surface area contributed by atoms with Crippen LogP contribution in [0.2, 0.25) is 0 Å². The zero-order valence-corrected chi connectivity index (χ0v) is 12.6. The highest BCUT2D eigenvalue weighted by atomic mass is 16.5. The molecule has 0 bridgehead atoms. The van der Waals surface area contributed by atoms with Crippen LogP contribution in [0, 0.1) is 0 Å². The molecule has 5 nitrogen and oxygen atoms in total. The Morgan fingerprint density at radius 2 is 2.00 bits per heavy atom. The van der Waals surface area contributed by atoms with Gasteiger partial charge >= 0.3 is 0 Å². The van der Waals surface area contributed by atoms with Gasteiger partial charge in [0.1, 0.15) is 16.9 Å². The molecule has 0 aliphatic carbocycles. The third-order valence-corrected chi connectivity index (χ3v) is 4.16. The number of benzene rings is 1. The van der Waals surface area contributed by atoms with Gasteiger partial charge in [0.15, 0.2) is 0 Å². The van der Waals surface area contributed by atoms with Crippen LogP contribution in [-0.4, -0.2) is 30.3 Å². The van der Waals surface area contributed by atoms with E-state index in [1.54, 1.807) is 0 Å². The maximum Gasteiger partial charge on any atom is 0.244 e. The molecule has 5 heteroatoms. The Morgan fingerprint density at radius 1 is 1.29 bits per heavy atom. The molecule has 0 saturated carbocycles. The van der Waals surface area contributed by atoms with E-state index in [-0.39, 0.29) is 11.5 Å². The first-order valence-electron chi connectivity index (χ1n) is 7.38. The molecule has 3 rings (SSSR count). The van der Waals surface area contributed by atoms with Crippen molar-refractivity contribution in [1.29, 1.82) is 0 Å². The fraction of sp³-hybridized carbons (Fsp3) is 0.562. The Hall–Kier alpha value is -1.59. The zero-order chi connectivity index (χ0) is 15.1. The van der Waals surface area contributed by atoms with Gasteiger partial charge in [-0.3, -0.25) is 4.79 Å². The molecule has 0 spiro atoms. The van der Waals surface area contributed by atoms with E-state index in [2.05, 4.69) is 19.2 Å². The van der Waals surface area contributed by atoms with E-state index in [9.17, 15) is 4.79 Å². The summed E-state index contributed by atoms with van der Waals surface area (Å²) in [5.41, 5.74) is 7.08. The molecule has 0 atom stereocenters. The van der Waals surface area contributed by atoms with Crippen molar-refractivity contribution in [1.82, 2.24) is 0 Å². The molecule has 21 heavy (non-hydrogen) atoms. The zero-order valence-electron chi connectivity index (χ0n) is 12.6. The molecule has 0 aromatic heterocycles. The van der Waals surface area contributed by atoms with Gasteiger partial charge in [0, 0.05) is 30.9 Å². The Kier molecular flexibility index (Phi) is 3.42. The average molecular weight is 290 g/mol. The molecule has 114 valence electrons. The lowest BCUT2D eigenvalue weighted by atomic mass is 9.90. The number of carbonyl (C=O) groups is 1. The quantitative estimate of drug-likeness (QED) is 0.871. The molecule has 0 radical (unpaired) electrons. The Labute approximate surface area is 124 Å². The van der Waals surface area contributed by atoms with Gasteiger partial charge in [-0.05, 0) is 44.9 Å². The van der Waals surface area contributed by atoms with E-state index in [0.717, 1.165) is 23.4 Å². The second kappa shape index (κ2) is 5.00. The maximum absolute atomic E-state index is 12.4. The van der Waals surface area contributed by atoms with Crippen molar-refractivity contribution in [2.24, 2.45) is 5.73 Å². The van der Waals surface area contributed by atoms with Crippen LogP contribution in [0.15, 0.2) is 18.2 Å². The van der Waals surface area contributed by atoms with Crippen LogP contribution in [0.1, 0.15) is 32.3 Å². The van der Waals surface area contributed by atoms with E-state index in [1.165, 1.54) is 0 Å². The van der Waals surface area contributed by atoms with Gasteiger partial charge in [-0.1, -0.05) is 0 Å². The second-order valence-corrected chi connectivity index (χ2v) is 6.58. The molecule has 1 fully saturated rings. The summed E-state index contributed by atoms with van der Waals surface area (Å²) in [6.07, 6.45) is 1.95. The highest BCUT2D eigenvalue weighted by Crippen LogP contribution is 2.36. The predicted molar refractivity (Wildman–Crippen MR) is 80.5 cm³/mol. The van der Waals surface area contributed by atoms with Crippen molar-refractivity contribution in [3.05, 3.63) is 23.8 Å². The maximum atomic E-state index is 12.4. The Morgan fingerprint density at radius 3 is 2.71 bits per heavy atom. The summed E-state index contributed by atoms with van der Waals surface area (Å²) in [6.45, 7) is 5.19. The highest BCUT2D eigenvalue weighted by Gasteiger charge is 2.36. The Balaban J connectivity index is 1.73. The number of hydrogen-bond acceptors (Lipinski definition) is 4. The van der Waals surface area contributed by atoms with Crippen LogP contribution in [0.25, 0.3) is 0 Å². The molecule has 2 aliphatic rings. The minimum atomic E-state index is -0.826. The second-order valence-electron chi connectivity index (χ2n) is 6.58. The minimum absolute atomic E-state index is 0.135. The van der Waals surface area contributed by atoms with Crippen molar-refractivity contribution in [3.8, 4) is 5.75 Å². The van der Waals surface area contributed by atoms with Crippen LogP contribution < -0.4 is 15.8 Å². The molecule has 1 amide bonds. The van der Waals surface area contributed by atoms with E-state index in [0.29, 0.717) is 26.1 Å². The fourth-order valence-corrected chi connectivity index (χ4v) is 2.91. The smallest absolute Gasteiger partial charge is 0.244 e. The number of fused-ring (bicyclic) bond motifs is 1. The SMILES string of the molecule is CC1(C)Cc2cc(NC(=O)C3(N)CCOCC3)ccc2O1. The minimum Gasteiger partial charge on any atom is -0.487 e. The van der Waals surface area contributed by atoms with E-state index >= 15 is 0 Å². The van der Waals surface area contributed by atoms with Crippen LogP contribution >= 0.6 is 0 Å². The molecule has 1 saturated heterocycles. The first-order chi connectivity index (χ1) is 9.88. The van der Waals surface area contributed by atoms with Gasteiger partial charge in [0.2, 0.25) is 5.91 Å². The molecule has 3 N–H and O–H groups in total. The molecular weight excluding hydrogens is 268 g/mol. The van der Waals surface area contributed by atoms with Gasteiger partial charge in [-0.15, -0.1) is 0 Å². The standard InChI is InChI=1S/C16H22N2O3/c1-15(2)10-11-9-12(3-4-13(11)21-15)18-14(19)16(17)5-7-20-8-6-16/h3-4,9H,5-8,10,17H2,1-2H3,(H,18,19). The van der Waals surface area contributed by atoms with Crippen LogP contribution in [0.4, 0.5) is 5.69 Å². The molecule has 0 unspecified atom stereocenters. The third-order valence-electron chi connectivity index (χ3n) is 4.16. The van der Waals surface area contributed by atoms with Gasteiger partial charge in [-0.2, -0.15) is 0 Å². The largest absolute Gasteiger partial charge is 0.487 e. The fourth-order valence-electron chi connectivity index (χ4n) is 2.91. The number of rotatable bonds is 2. The normalized spacial score (nSPS) is 22.2. The summed E-state index contributed by atoms with van der Waals surface area (Å²) < 4.78 is 11.1. The van der Waals surface area contributed by atoms with Crippen LogP contribution in [-0.2, 0) is 16.0 Å².